The predicted molar refractivity (Wildman–Crippen MR) is 166 cm³/mol. The molecule has 5 rings (SSSR count). The van der Waals surface area contributed by atoms with Crippen LogP contribution in [0.15, 0.2) is 107 Å². The molecule has 1 aliphatic heterocycles. The van der Waals surface area contributed by atoms with Crippen LogP contribution in [-0.2, 0) is 16.1 Å². The minimum Gasteiger partial charge on any atom is -0.490 e. The van der Waals surface area contributed by atoms with Gasteiger partial charge in [0.15, 0.2) is 4.80 Å². The second-order valence-corrected chi connectivity index (χ2v) is 10.7. The number of nitro benzene ring substituents is 1. The van der Waals surface area contributed by atoms with Gasteiger partial charge in [0.1, 0.15) is 24.7 Å². The van der Waals surface area contributed by atoms with Gasteiger partial charge in [-0.1, -0.05) is 54.3 Å². The summed E-state index contributed by atoms with van der Waals surface area (Å²) in [6.45, 7) is 7.83. The van der Waals surface area contributed by atoms with Crippen LogP contribution in [0.25, 0.3) is 6.08 Å². The van der Waals surface area contributed by atoms with E-state index in [0.717, 1.165) is 5.56 Å². The molecule has 44 heavy (non-hydrogen) atoms. The van der Waals surface area contributed by atoms with Crippen molar-refractivity contribution in [3.63, 3.8) is 0 Å². The number of carbonyl (C=O) groups is 1. The molecular weight excluding hydrogens is 582 g/mol. The zero-order valence-electron chi connectivity index (χ0n) is 24.1. The molecule has 0 unspecified atom stereocenters. The van der Waals surface area contributed by atoms with Crippen LogP contribution in [0.2, 0.25) is 0 Å². The number of allylic oxidation sites excluding steroid dienone is 1. The Morgan fingerprint density at radius 2 is 1.82 bits per heavy atom. The van der Waals surface area contributed by atoms with Crippen LogP contribution in [0.4, 0.5) is 5.69 Å². The summed E-state index contributed by atoms with van der Waals surface area (Å²) in [6, 6.07) is 19.9. The van der Waals surface area contributed by atoms with Gasteiger partial charge in [-0.05, 0) is 61.4 Å². The van der Waals surface area contributed by atoms with Crippen molar-refractivity contribution in [1.82, 2.24) is 4.57 Å². The van der Waals surface area contributed by atoms with Crippen molar-refractivity contribution in [1.29, 1.82) is 0 Å². The van der Waals surface area contributed by atoms with E-state index in [1.54, 1.807) is 56.3 Å². The van der Waals surface area contributed by atoms with Gasteiger partial charge in [-0.3, -0.25) is 19.5 Å². The average Bonchev–Trinajstić information content (AvgIpc) is 3.33. The molecule has 1 atom stereocenters. The number of thiazole rings is 1. The van der Waals surface area contributed by atoms with E-state index in [4.69, 9.17) is 14.2 Å². The van der Waals surface area contributed by atoms with Crippen LogP contribution >= 0.6 is 11.3 Å². The fourth-order valence-electron chi connectivity index (χ4n) is 4.76. The van der Waals surface area contributed by atoms with E-state index in [0.29, 0.717) is 44.3 Å². The number of fused-ring (bicyclic) bond motifs is 1. The van der Waals surface area contributed by atoms with Crippen LogP contribution in [0.3, 0.4) is 0 Å². The number of para-hydroxylation sites is 1. The molecule has 0 saturated carbocycles. The fourth-order valence-corrected chi connectivity index (χ4v) is 5.79. The molecule has 0 saturated heterocycles. The maximum absolute atomic E-state index is 14.0. The minimum absolute atomic E-state index is 0.00107. The number of non-ortho nitro benzene ring substituents is 1. The summed E-state index contributed by atoms with van der Waals surface area (Å²) in [7, 11) is 0. The number of ether oxygens (including phenoxy) is 3. The van der Waals surface area contributed by atoms with E-state index < -0.39 is 16.9 Å². The number of esters is 1. The second-order valence-electron chi connectivity index (χ2n) is 9.72. The highest BCUT2D eigenvalue weighted by Crippen LogP contribution is 2.32. The van der Waals surface area contributed by atoms with Gasteiger partial charge in [0.2, 0.25) is 0 Å². The van der Waals surface area contributed by atoms with Crippen molar-refractivity contribution in [3.8, 4) is 11.5 Å². The van der Waals surface area contributed by atoms with Crippen LogP contribution in [0.1, 0.15) is 36.6 Å². The predicted octanol–water partition coefficient (Wildman–Crippen LogP) is 4.85. The highest BCUT2D eigenvalue weighted by atomic mass is 32.1. The normalized spacial score (nSPS) is 14.4. The molecule has 224 valence electrons. The van der Waals surface area contributed by atoms with Crippen LogP contribution in [0.5, 0.6) is 11.5 Å². The number of hydrogen-bond donors (Lipinski definition) is 0. The number of carbonyl (C=O) groups excluding carboxylic acids is 1. The summed E-state index contributed by atoms with van der Waals surface area (Å²) < 4.78 is 19.0. The van der Waals surface area contributed by atoms with Crippen molar-refractivity contribution >= 4 is 29.1 Å². The van der Waals surface area contributed by atoms with E-state index in [1.807, 2.05) is 30.3 Å². The largest absolute Gasteiger partial charge is 0.490 e. The van der Waals surface area contributed by atoms with Gasteiger partial charge < -0.3 is 14.2 Å². The van der Waals surface area contributed by atoms with E-state index in [9.17, 15) is 19.7 Å². The molecule has 0 spiro atoms. The maximum Gasteiger partial charge on any atom is 0.338 e. The van der Waals surface area contributed by atoms with Gasteiger partial charge in [-0.2, -0.15) is 0 Å². The Bertz CT molecular complexity index is 1920. The van der Waals surface area contributed by atoms with Gasteiger partial charge in [-0.15, -0.1) is 0 Å². The summed E-state index contributed by atoms with van der Waals surface area (Å²) in [5.41, 5.74) is 2.57. The highest BCUT2D eigenvalue weighted by molar-refractivity contribution is 7.07. The monoisotopic (exact) mass is 611 g/mol. The first kappa shape index (κ1) is 30.2. The topological polar surface area (TPSA) is 122 Å². The number of nitro groups is 1. The van der Waals surface area contributed by atoms with Crippen molar-refractivity contribution in [2.45, 2.75) is 26.5 Å². The Morgan fingerprint density at radius 3 is 2.50 bits per heavy atom. The lowest BCUT2D eigenvalue weighted by Gasteiger charge is -2.24. The Hall–Kier alpha value is -5.29. The molecule has 0 aliphatic carbocycles. The summed E-state index contributed by atoms with van der Waals surface area (Å²) in [5, 5.41) is 11.0. The molecule has 0 N–H and O–H groups in total. The fraction of sp³-hybridized carbons (Fsp3) is 0.182. The Labute approximate surface area is 256 Å². The van der Waals surface area contributed by atoms with Gasteiger partial charge in [0.25, 0.3) is 11.2 Å². The zero-order valence-corrected chi connectivity index (χ0v) is 24.9. The summed E-state index contributed by atoms with van der Waals surface area (Å²) in [4.78, 5) is 42.7. The lowest BCUT2D eigenvalue weighted by molar-refractivity contribution is -0.384. The van der Waals surface area contributed by atoms with E-state index in [1.165, 1.54) is 28.0 Å². The molecule has 0 bridgehead atoms. The third kappa shape index (κ3) is 6.37. The van der Waals surface area contributed by atoms with Crippen LogP contribution in [-0.4, -0.2) is 28.7 Å². The number of hydrogen-bond acceptors (Lipinski definition) is 9. The van der Waals surface area contributed by atoms with E-state index >= 15 is 0 Å². The van der Waals surface area contributed by atoms with Crippen molar-refractivity contribution in [3.05, 3.63) is 143 Å². The van der Waals surface area contributed by atoms with E-state index in [2.05, 4.69) is 11.6 Å². The molecule has 0 radical (unpaired) electrons. The first-order valence-corrected chi connectivity index (χ1v) is 14.6. The third-order valence-corrected chi connectivity index (χ3v) is 7.81. The maximum atomic E-state index is 14.0. The van der Waals surface area contributed by atoms with Crippen molar-refractivity contribution < 1.29 is 23.9 Å². The number of aromatic nitrogens is 1. The molecule has 0 amide bonds. The van der Waals surface area contributed by atoms with Gasteiger partial charge >= 0.3 is 5.97 Å². The lowest BCUT2D eigenvalue weighted by atomic mass is 9.96. The summed E-state index contributed by atoms with van der Waals surface area (Å²) >= 11 is 1.21. The third-order valence-electron chi connectivity index (χ3n) is 6.83. The SMILES string of the molecule is C=CCOc1ccc([C@H]2C(C(=O)OCC)=C(C)N=c3s/c(=C/c4ccccc4OCc4ccc([N+](=O)[O-])cc4)c(=O)n32)cc1. The Balaban J connectivity index is 1.54. The highest BCUT2D eigenvalue weighted by Gasteiger charge is 2.33. The number of nitrogens with zero attached hydrogens (tertiary/aromatic N) is 3. The molecule has 11 heteroatoms. The quantitative estimate of drug-likeness (QED) is 0.103. The molecule has 10 nitrogen and oxygen atoms in total. The molecule has 3 aromatic carbocycles. The molecule has 2 heterocycles. The summed E-state index contributed by atoms with van der Waals surface area (Å²) in [6.07, 6.45) is 3.39. The molecular formula is C33H29N3O7S. The first-order valence-electron chi connectivity index (χ1n) is 13.8. The van der Waals surface area contributed by atoms with Crippen molar-refractivity contribution in [2.24, 2.45) is 4.99 Å². The van der Waals surface area contributed by atoms with E-state index in [-0.39, 0.29) is 30.0 Å². The van der Waals surface area contributed by atoms with Crippen LogP contribution < -0.4 is 24.4 Å². The molecule has 1 aliphatic rings. The Kier molecular flexibility index (Phi) is 9.15. The zero-order chi connectivity index (χ0) is 31.2. The van der Waals surface area contributed by atoms with Gasteiger partial charge in [0.05, 0.1) is 33.4 Å². The number of rotatable bonds is 11. The second kappa shape index (κ2) is 13.3. The van der Waals surface area contributed by atoms with Gasteiger partial charge in [0, 0.05) is 17.7 Å². The molecule has 1 aromatic heterocycles. The first-order chi connectivity index (χ1) is 21.3. The average molecular weight is 612 g/mol. The van der Waals surface area contributed by atoms with Crippen LogP contribution in [0, 0.1) is 10.1 Å². The molecule has 0 fully saturated rings. The smallest absolute Gasteiger partial charge is 0.338 e. The minimum atomic E-state index is -0.755. The van der Waals surface area contributed by atoms with Gasteiger partial charge in [-0.25, -0.2) is 9.79 Å². The lowest BCUT2D eigenvalue weighted by Crippen LogP contribution is -2.39. The summed E-state index contributed by atoms with van der Waals surface area (Å²) in [5.74, 6) is 0.626. The van der Waals surface area contributed by atoms with Crippen molar-refractivity contribution in [2.75, 3.05) is 13.2 Å². The molecule has 4 aromatic rings. The number of benzene rings is 3. The standard InChI is InChI=1S/C33H29N3O7S/c1-4-18-42-26-16-12-23(13-17-26)30-29(32(38)41-5-2)21(3)34-33-35(30)31(37)28(44-33)19-24-8-6-7-9-27(24)43-20-22-10-14-25(15-11-22)36(39)40/h4,6-17,19,30H,1,5,18,20H2,2-3H3/b28-19+/t30-/m0/s1. The Morgan fingerprint density at radius 1 is 1.09 bits per heavy atom.